The Hall–Kier alpha value is -6.24. The summed E-state index contributed by atoms with van der Waals surface area (Å²) in [5.41, 5.74) is 13.3. The quantitative estimate of drug-likeness (QED) is 0.164. The van der Waals surface area contributed by atoms with Crippen molar-refractivity contribution in [2.75, 3.05) is 0 Å². The molecule has 0 N–H and O–H groups in total. The van der Waals surface area contributed by atoms with Gasteiger partial charge in [-0.15, -0.1) is 0 Å². The average Bonchev–Trinajstić information content (AvgIpc) is 3.63. The molecule has 48 heavy (non-hydrogen) atoms. The highest BCUT2D eigenvalue weighted by molar-refractivity contribution is 6.29. The molecule has 0 heterocycles. The van der Waals surface area contributed by atoms with Gasteiger partial charge in [0.1, 0.15) is 0 Å². The van der Waals surface area contributed by atoms with Crippen LogP contribution in [0.3, 0.4) is 0 Å². The minimum absolute atomic E-state index is 1.26. The third-order valence-corrected chi connectivity index (χ3v) is 11.3. The van der Waals surface area contributed by atoms with Crippen molar-refractivity contribution in [1.82, 2.24) is 0 Å². The molecule has 0 atom stereocenters. The topological polar surface area (TPSA) is 0 Å². The van der Waals surface area contributed by atoms with E-state index in [1.165, 1.54) is 120 Å². The van der Waals surface area contributed by atoms with E-state index in [0.717, 1.165) is 0 Å². The fraction of sp³-hybridized carbons (Fsp3) is 0. The molecule has 0 aliphatic heterocycles. The van der Waals surface area contributed by atoms with Crippen molar-refractivity contribution >= 4 is 64.6 Å². The molecule has 0 heteroatoms. The van der Waals surface area contributed by atoms with Crippen LogP contribution in [0.1, 0.15) is 0 Å². The third kappa shape index (κ3) is 3.06. The van der Waals surface area contributed by atoms with Crippen LogP contribution in [0, 0.1) is 0 Å². The summed E-state index contributed by atoms with van der Waals surface area (Å²) in [6, 6.07) is 59.5. The number of benzene rings is 10. The molecular weight excluding hydrogens is 577 g/mol. The van der Waals surface area contributed by atoms with Gasteiger partial charge in [-0.25, -0.2) is 0 Å². The largest absolute Gasteiger partial charge is 0.0622 e. The van der Waals surface area contributed by atoms with Gasteiger partial charge < -0.3 is 0 Å². The molecule has 0 radical (unpaired) electrons. The number of rotatable bonds is 1. The van der Waals surface area contributed by atoms with Gasteiger partial charge in [-0.3, -0.25) is 0 Å². The molecule has 10 aromatic carbocycles. The van der Waals surface area contributed by atoms with Crippen LogP contribution in [0.5, 0.6) is 0 Å². The van der Waals surface area contributed by atoms with Crippen molar-refractivity contribution in [2.45, 2.75) is 0 Å². The van der Waals surface area contributed by atoms with Crippen molar-refractivity contribution in [2.24, 2.45) is 0 Å². The first-order chi connectivity index (χ1) is 23.8. The Balaban J connectivity index is 1.13. The Morgan fingerprint density at radius 3 is 1.44 bits per heavy atom. The second-order valence-electron chi connectivity index (χ2n) is 13.6. The maximum absolute atomic E-state index is 2.48. The SMILES string of the molecule is c1ccc(-c2ccc3c4c(cc5ccccc5c24)-c2cc4ccc5c6cc7c(cc6ccc5c4cc2-3)-c2cccc3cccc-7c23)cc1. The Bertz CT molecular complexity index is 3080. The Labute approximate surface area is 277 Å². The van der Waals surface area contributed by atoms with E-state index in [2.05, 4.69) is 158 Å². The molecule has 218 valence electrons. The lowest BCUT2D eigenvalue weighted by Crippen LogP contribution is -1.86. The van der Waals surface area contributed by atoms with Gasteiger partial charge in [-0.1, -0.05) is 127 Å². The Morgan fingerprint density at radius 1 is 0.208 bits per heavy atom. The number of hydrogen-bond acceptors (Lipinski definition) is 0. The molecule has 0 unspecified atom stereocenters. The van der Waals surface area contributed by atoms with Gasteiger partial charge in [0.05, 0.1) is 0 Å². The monoisotopic (exact) mass is 602 g/mol. The summed E-state index contributed by atoms with van der Waals surface area (Å²) in [5, 5.41) is 15.9. The molecule has 0 saturated heterocycles. The fourth-order valence-corrected chi connectivity index (χ4v) is 9.19. The molecule has 2 aliphatic carbocycles. The molecule has 0 spiro atoms. The average molecular weight is 603 g/mol. The van der Waals surface area contributed by atoms with E-state index in [4.69, 9.17) is 0 Å². The molecular formula is C48H26. The second-order valence-corrected chi connectivity index (χ2v) is 13.6. The zero-order valence-electron chi connectivity index (χ0n) is 26.0. The van der Waals surface area contributed by atoms with Crippen molar-refractivity contribution in [3.8, 4) is 55.6 Å². The first kappa shape index (κ1) is 24.9. The molecule has 2 aliphatic rings. The van der Waals surface area contributed by atoms with E-state index in [1.54, 1.807) is 0 Å². The minimum Gasteiger partial charge on any atom is -0.0622 e. The van der Waals surface area contributed by atoms with E-state index in [9.17, 15) is 0 Å². The van der Waals surface area contributed by atoms with Gasteiger partial charge in [0.25, 0.3) is 0 Å². The van der Waals surface area contributed by atoms with Crippen LogP contribution < -0.4 is 0 Å². The van der Waals surface area contributed by atoms with Gasteiger partial charge in [0.15, 0.2) is 0 Å². The lowest BCUT2D eigenvalue weighted by molar-refractivity contribution is 1.66. The molecule has 0 nitrogen and oxygen atoms in total. The highest BCUT2D eigenvalue weighted by Gasteiger charge is 2.26. The Kier molecular flexibility index (Phi) is 4.55. The fourth-order valence-electron chi connectivity index (χ4n) is 9.19. The minimum atomic E-state index is 1.26. The number of hydrogen-bond donors (Lipinski definition) is 0. The maximum atomic E-state index is 2.48. The van der Waals surface area contributed by atoms with E-state index in [0.29, 0.717) is 0 Å². The van der Waals surface area contributed by atoms with E-state index >= 15 is 0 Å². The van der Waals surface area contributed by atoms with Crippen molar-refractivity contribution < 1.29 is 0 Å². The van der Waals surface area contributed by atoms with Crippen LogP contribution in [0.4, 0.5) is 0 Å². The van der Waals surface area contributed by atoms with Gasteiger partial charge in [-0.2, -0.15) is 0 Å². The van der Waals surface area contributed by atoms with Crippen LogP contribution in [0.2, 0.25) is 0 Å². The molecule has 0 fully saturated rings. The summed E-state index contributed by atoms with van der Waals surface area (Å²) >= 11 is 0. The first-order valence-corrected chi connectivity index (χ1v) is 16.8. The number of fused-ring (bicyclic) bond motifs is 13. The summed E-state index contributed by atoms with van der Waals surface area (Å²) in [6.45, 7) is 0. The standard InChI is InChI=1S/C48H26/c1-2-8-27(9-3-1)33-20-21-38-44-26-40-31(23-42(44)45-24-29-10-4-5-13-32(29)47(33)48(38)45)17-19-34-35(40)18-16-30-22-41-36-14-6-11-28-12-7-15-37(46(28)36)43(41)25-39(30)34/h1-26H. The van der Waals surface area contributed by atoms with Crippen molar-refractivity contribution in [1.29, 1.82) is 0 Å². The maximum Gasteiger partial charge on any atom is -0.00137 e. The van der Waals surface area contributed by atoms with Crippen LogP contribution in [0.15, 0.2) is 158 Å². The summed E-state index contributed by atoms with van der Waals surface area (Å²) in [7, 11) is 0. The molecule has 0 aromatic heterocycles. The van der Waals surface area contributed by atoms with Crippen molar-refractivity contribution in [3.05, 3.63) is 158 Å². The van der Waals surface area contributed by atoms with E-state index < -0.39 is 0 Å². The zero-order chi connectivity index (χ0) is 31.1. The molecule has 0 saturated carbocycles. The van der Waals surface area contributed by atoms with Gasteiger partial charge in [0.2, 0.25) is 0 Å². The third-order valence-electron chi connectivity index (χ3n) is 11.3. The van der Waals surface area contributed by atoms with Crippen LogP contribution in [-0.2, 0) is 0 Å². The summed E-state index contributed by atoms with van der Waals surface area (Å²) in [5.74, 6) is 0. The highest BCUT2D eigenvalue weighted by atomic mass is 14.3. The predicted octanol–water partition coefficient (Wildman–Crippen LogP) is 13.6. The molecule has 10 aromatic rings. The molecule has 0 bridgehead atoms. The summed E-state index contributed by atoms with van der Waals surface area (Å²) in [6.07, 6.45) is 0. The highest BCUT2D eigenvalue weighted by Crippen LogP contribution is 2.54. The van der Waals surface area contributed by atoms with Crippen LogP contribution in [0.25, 0.3) is 120 Å². The smallest absolute Gasteiger partial charge is 0.00137 e. The van der Waals surface area contributed by atoms with Gasteiger partial charge in [0, 0.05) is 0 Å². The second kappa shape index (κ2) is 8.76. The molecule has 0 amide bonds. The van der Waals surface area contributed by atoms with E-state index in [-0.39, 0.29) is 0 Å². The Morgan fingerprint density at radius 2 is 0.729 bits per heavy atom. The lowest BCUT2D eigenvalue weighted by atomic mass is 9.90. The predicted molar refractivity (Wildman–Crippen MR) is 206 cm³/mol. The van der Waals surface area contributed by atoms with Gasteiger partial charge >= 0.3 is 0 Å². The van der Waals surface area contributed by atoms with Crippen molar-refractivity contribution in [3.63, 3.8) is 0 Å². The first-order valence-electron chi connectivity index (χ1n) is 16.8. The van der Waals surface area contributed by atoms with Crippen LogP contribution >= 0.6 is 0 Å². The van der Waals surface area contributed by atoms with Gasteiger partial charge in [-0.05, 0) is 151 Å². The van der Waals surface area contributed by atoms with E-state index in [1.807, 2.05) is 0 Å². The zero-order valence-corrected chi connectivity index (χ0v) is 26.0. The molecule has 12 rings (SSSR count). The normalized spacial score (nSPS) is 12.6. The van der Waals surface area contributed by atoms with Crippen LogP contribution in [-0.4, -0.2) is 0 Å². The summed E-state index contributed by atoms with van der Waals surface area (Å²) in [4.78, 5) is 0. The summed E-state index contributed by atoms with van der Waals surface area (Å²) < 4.78 is 0. The lowest BCUT2D eigenvalue weighted by Gasteiger charge is -2.13.